The third-order valence-corrected chi connectivity index (χ3v) is 6.58. The van der Waals surface area contributed by atoms with Crippen molar-refractivity contribution in [2.45, 2.75) is 38.9 Å². The van der Waals surface area contributed by atoms with Crippen molar-refractivity contribution in [1.29, 1.82) is 0 Å². The fourth-order valence-electron chi connectivity index (χ4n) is 4.58. The maximum atomic E-state index is 5.82. The molecule has 3 aromatic heterocycles. The van der Waals surface area contributed by atoms with Crippen molar-refractivity contribution < 1.29 is 0 Å². The van der Waals surface area contributed by atoms with Gasteiger partial charge in [-0.15, -0.1) is 0 Å². The molecule has 1 aliphatic rings. The summed E-state index contributed by atoms with van der Waals surface area (Å²) in [7, 11) is 4.23. The molecule has 0 aliphatic carbocycles. The summed E-state index contributed by atoms with van der Waals surface area (Å²) in [4.78, 5) is 13.4. The molecular weight excluding hydrogens is 416 g/mol. The van der Waals surface area contributed by atoms with E-state index in [0.29, 0.717) is 0 Å². The van der Waals surface area contributed by atoms with E-state index in [1.165, 1.54) is 22.5 Å². The van der Waals surface area contributed by atoms with Crippen LogP contribution >= 0.6 is 12.2 Å². The van der Waals surface area contributed by atoms with Crippen LogP contribution in [0.2, 0.25) is 0 Å². The SMILES string of the molecule is Cc1cc([C@@H]2[C@H](c3ccccn3)NC(=S)N2CCCN(C)C)c(C)n1Cc1ccncc1. The van der Waals surface area contributed by atoms with E-state index < -0.39 is 0 Å². The number of nitrogens with one attached hydrogen (secondary N) is 1. The number of hydrogen-bond donors (Lipinski definition) is 1. The van der Waals surface area contributed by atoms with Gasteiger partial charge >= 0.3 is 0 Å². The van der Waals surface area contributed by atoms with Crippen molar-refractivity contribution in [3.63, 3.8) is 0 Å². The number of aromatic nitrogens is 3. The third-order valence-electron chi connectivity index (χ3n) is 6.22. The van der Waals surface area contributed by atoms with Crippen LogP contribution in [0.15, 0.2) is 55.0 Å². The van der Waals surface area contributed by atoms with E-state index in [0.717, 1.165) is 36.9 Å². The number of thiocarbonyl (C=S) groups is 1. The lowest BCUT2D eigenvalue weighted by Gasteiger charge is -2.28. The summed E-state index contributed by atoms with van der Waals surface area (Å²) >= 11 is 5.82. The lowest BCUT2D eigenvalue weighted by molar-refractivity contribution is 0.292. The summed E-state index contributed by atoms with van der Waals surface area (Å²) in [5.41, 5.74) is 6.10. The van der Waals surface area contributed by atoms with Gasteiger partial charge in [-0.2, -0.15) is 0 Å². The fraction of sp³-hybridized carbons (Fsp3) is 0.400. The van der Waals surface area contributed by atoms with Crippen LogP contribution < -0.4 is 5.32 Å². The highest BCUT2D eigenvalue weighted by molar-refractivity contribution is 7.80. The predicted octanol–water partition coefficient (Wildman–Crippen LogP) is 3.87. The van der Waals surface area contributed by atoms with Crippen LogP contribution in [0, 0.1) is 13.8 Å². The van der Waals surface area contributed by atoms with E-state index in [1.807, 2.05) is 30.7 Å². The first-order valence-corrected chi connectivity index (χ1v) is 11.5. The molecule has 0 spiro atoms. The van der Waals surface area contributed by atoms with Crippen molar-refractivity contribution in [2.24, 2.45) is 0 Å². The van der Waals surface area contributed by atoms with Crippen molar-refractivity contribution in [1.82, 2.24) is 29.7 Å². The highest BCUT2D eigenvalue weighted by Crippen LogP contribution is 2.41. The van der Waals surface area contributed by atoms with Gasteiger partial charge in [0, 0.05) is 43.1 Å². The van der Waals surface area contributed by atoms with Crippen LogP contribution in [0.1, 0.15) is 46.7 Å². The molecule has 4 rings (SSSR count). The van der Waals surface area contributed by atoms with Gasteiger partial charge in [-0.05, 0) is 94.6 Å². The molecule has 32 heavy (non-hydrogen) atoms. The van der Waals surface area contributed by atoms with Crippen LogP contribution in [0.3, 0.4) is 0 Å². The quantitative estimate of drug-likeness (QED) is 0.528. The minimum absolute atomic E-state index is 0.0259. The van der Waals surface area contributed by atoms with Crippen LogP contribution in [-0.4, -0.2) is 56.6 Å². The van der Waals surface area contributed by atoms with Crippen molar-refractivity contribution in [3.8, 4) is 0 Å². The smallest absolute Gasteiger partial charge is 0.170 e. The average Bonchev–Trinajstić information content (AvgIpc) is 3.25. The highest BCUT2D eigenvalue weighted by Gasteiger charge is 2.41. The van der Waals surface area contributed by atoms with E-state index in [2.05, 4.69) is 81.9 Å². The van der Waals surface area contributed by atoms with Crippen LogP contribution in [-0.2, 0) is 6.54 Å². The second-order valence-corrected chi connectivity index (χ2v) is 9.13. The Morgan fingerprint density at radius 3 is 2.56 bits per heavy atom. The van der Waals surface area contributed by atoms with Gasteiger partial charge in [-0.1, -0.05) is 6.07 Å². The van der Waals surface area contributed by atoms with Crippen molar-refractivity contribution >= 4 is 17.3 Å². The van der Waals surface area contributed by atoms with Gasteiger partial charge in [-0.25, -0.2) is 0 Å². The zero-order chi connectivity index (χ0) is 22.7. The first-order valence-electron chi connectivity index (χ1n) is 11.1. The average molecular weight is 449 g/mol. The minimum atomic E-state index is 0.0259. The van der Waals surface area contributed by atoms with Gasteiger partial charge in [0.2, 0.25) is 0 Å². The molecule has 4 heterocycles. The van der Waals surface area contributed by atoms with Crippen LogP contribution in [0.4, 0.5) is 0 Å². The number of rotatable bonds is 8. The molecule has 2 atom stereocenters. The molecule has 0 radical (unpaired) electrons. The minimum Gasteiger partial charge on any atom is -0.352 e. The monoisotopic (exact) mass is 448 g/mol. The Morgan fingerprint density at radius 2 is 1.88 bits per heavy atom. The van der Waals surface area contributed by atoms with E-state index in [1.54, 1.807) is 0 Å². The van der Waals surface area contributed by atoms with Gasteiger partial charge in [0.25, 0.3) is 0 Å². The summed E-state index contributed by atoms with van der Waals surface area (Å²) in [6.45, 7) is 7.18. The fourth-order valence-corrected chi connectivity index (χ4v) is 4.92. The van der Waals surface area contributed by atoms with E-state index in [4.69, 9.17) is 12.2 Å². The van der Waals surface area contributed by atoms with Crippen LogP contribution in [0.5, 0.6) is 0 Å². The predicted molar refractivity (Wildman–Crippen MR) is 133 cm³/mol. The topological polar surface area (TPSA) is 49.2 Å². The van der Waals surface area contributed by atoms with Gasteiger partial charge in [-0.3, -0.25) is 9.97 Å². The van der Waals surface area contributed by atoms with E-state index >= 15 is 0 Å². The number of pyridine rings is 2. The molecule has 1 N–H and O–H groups in total. The van der Waals surface area contributed by atoms with Gasteiger partial charge in [0.1, 0.15) is 0 Å². The highest BCUT2D eigenvalue weighted by atomic mass is 32.1. The second-order valence-electron chi connectivity index (χ2n) is 8.74. The van der Waals surface area contributed by atoms with Gasteiger partial charge in [0.05, 0.1) is 17.8 Å². The lowest BCUT2D eigenvalue weighted by atomic mass is 9.96. The lowest BCUT2D eigenvalue weighted by Crippen LogP contribution is -2.32. The Morgan fingerprint density at radius 1 is 1.09 bits per heavy atom. The second kappa shape index (κ2) is 9.79. The zero-order valence-electron chi connectivity index (χ0n) is 19.3. The molecule has 3 aromatic rings. The first kappa shape index (κ1) is 22.4. The Bertz CT molecular complexity index is 1050. The summed E-state index contributed by atoms with van der Waals surface area (Å²) < 4.78 is 2.39. The van der Waals surface area contributed by atoms with E-state index in [-0.39, 0.29) is 12.1 Å². The molecular formula is C25H32N6S. The summed E-state index contributed by atoms with van der Waals surface area (Å²) in [5, 5.41) is 4.38. The van der Waals surface area contributed by atoms with Crippen LogP contribution in [0.25, 0.3) is 0 Å². The van der Waals surface area contributed by atoms with Crippen molar-refractivity contribution in [3.05, 3.63) is 83.2 Å². The Kier molecular flexibility index (Phi) is 6.86. The Balaban J connectivity index is 1.70. The molecule has 0 bridgehead atoms. The maximum absolute atomic E-state index is 5.82. The van der Waals surface area contributed by atoms with Gasteiger partial charge < -0.3 is 19.7 Å². The normalized spacial score (nSPS) is 18.4. The third kappa shape index (κ3) is 4.69. The number of aryl methyl sites for hydroxylation is 1. The zero-order valence-corrected chi connectivity index (χ0v) is 20.1. The molecule has 7 heteroatoms. The summed E-state index contributed by atoms with van der Waals surface area (Å²) in [5.74, 6) is 0. The summed E-state index contributed by atoms with van der Waals surface area (Å²) in [6.07, 6.45) is 6.62. The molecule has 1 saturated heterocycles. The summed E-state index contributed by atoms with van der Waals surface area (Å²) in [6, 6.07) is 12.7. The molecule has 6 nitrogen and oxygen atoms in total. The maximum Gasteiger partial charge on any atom is 0.170 e. The Labute approximate surface area is 196 Å². The molecule has 0 aromatic carbocycles. The molecule has 1 aliphatic heterocycles. The molecule has 1 fully saturated rings. The molecule has 0 unspecified atom stereocenters. The number of nitrogens with zero attached hydrogens (tertiary/aromatic N) is 5. The standard InChI is InChI=1S/C25H32N6S/c1-18-16-21(19(2)31(18)17-20-9-12-26-13-10-20)24-23(22-8-5-6-11-27-22)28-25(32)30(24)15-7-14-29(3)4/h5-6,8-13,16,23-24H,7,14-15,17H2,1-4H3,(H,28,32)/t23-,24+/m0/s1. The van der Waals surface area contributed by atoms with E-state index in [9.17, 15) is 0 Å². The Hall–Kier alpha value is -2.77. The van der Waals surface area contributed by atoms with Crippen molar-refractivity contribution in [2.75, 3.05) is 27.2 Å². The molecule has 168 valence electrons. The number of hydrogen-bond acceptors (Lipinski definition) is 4. The van der Waals surface area contributed by atoms with Gasteiger partial charge in [0.15, 0.2) is 5.11 Å². The molecule has 0 amide bonds. The first-order chi connectivity index (χ1) is 15.5. The largest absolute Gasteiger partial charge is 0.352 e. The molecule has 0 saturated carbocycles.